The van der Waals surface area contributed by atoms with Gasteiger partial charge >= 0.3 is 6.09 Å². The normalized spacial score (nSPS) is 27.1. The van der Waals surface area contributed by atoms with Crippen LogP contribution in [0.25, 0.3) is 38.7 Å². The zero-order chi connectivity index (χ0) is 33.4. The molecule has 3 N–H and O–H groups in total. The lowest BCUT2D eigenvalue weighted by atomic mass is 9.95. The van der Waals surface area contributed by atoms with Crippen molar-refractivity contribution in [1.82, 2.24) is 25.5 Å². The first-order valence-corrected chi connectivity index (χ1v) is 17.7. The summed E-state index contributed by atoms with van der Waals surface area (Å²) in [6.45, 7) is 3.88. The van der Waals surface area contributed by atoms with Crippen molar-refractivity contribution in [3.63, 3.8) is 0 Å². The van der Waals surface area contributed by atoms with Gasteiger partial charge in [-0.3, -0.25) is 9.79 Å². The predicted octanol–water partition coefficient (Wildman–Crippen LogP) is 6.88. The van der Waals surface area contributed by atoms with Crippen LogP contribution in [0.15, 0.2) is 78.1 Å². The molecule has 4 heterocycles. The molecule has 1 aromatic heterocycles. The Balaban J connectivity index is 0.889. The number of aromatic nitrogens is 2. The maximum atomic E-state index is 13.8. The van der Waals surface area contributed by atoms with Gasteiger partial charge in [-0.15, -0.1) is 0 Å². The number of aromatic amines is 1. The summed E-state index contributed by atoms with van der Waals surface area (Å²) < 4.78 is 4.80. The fourth-order valence-corrected chi connectivity index (χ4v) is 8.41. The molecule has 49 heavy (non-hydrogen) atoms. The fourth-order valence-electron chi connectivity index (χ4n) is 8.41. The number of fused-ring (bicyclic) bond motifs is 3. The van der Waals surface area contributed by atoms with Crippen LogP contribution in [0.4, 0.5) is 4.79 Å². The minimum absolute atomic E-state index is 0.0721. The van der Waals surface area contributed by atoms with Gasteiger partial charge in [0.15, 0.2) is 0 Å². The standard InChI is InChI=1S/C40H42N6O3/c1-21(2)37(45-40(48)49-3)39(47)46-35-17-29(35)18-36(46)38-42-20-34(44-38)27-11-10-25-12-24(8-9-26(25)13-27)22-4-6-23(7-5-22)30-16-32(41-19-30)33-15-28-14-31(28)43-33/h4-13,19-21,28-29,31,33,35-37,43H,14-18H2,1-3H3,(H,42,44)(H,45,48)/t28-,29-,31-,33+,35-,36+,37+/m1/s1. The maximum Gasteiger partial charge on any atom is 0.407 e. The van der Waals surface area contributed by atoms with Gasteiger partial charge in [-0.25, -0.2) is 9.78 Å². The van der Waals surface area contributed by atoms with E-state index in [-0.39, 0.29) is 23.9 Å². The van der Waals surface area contributed by atoms with Crippen molar-refractivity contribution in [2.24, 2.45) is 22.7 Å². The van der Waals surface area contributed by atoms with Crippen molar-refractivity contribution in [3.05, 3.63) is 84.4 Å². The minimum atomic E-state index is -0.649. The Morgan fingerprint density at radius 2 is 1.63 bits per heavy atom. The monoisotopic (exact) mass is 654 g/mol. The number of carbonyl (C=O) groups excluding carboxylic acids is 2. The summed E-state index contributed by atoms with van der Waals surface area (Å²) in [6.07, 6.45) is 8.75. The third kappa shape index (κ3) is 5.54. The number of imidazole rings is 1. The van der Waals surface area contributed by atoms with Gasteiger partial charge in [-0.2, -0.15) is 0 Å². The van der Waals surface area contributed by atoms with Crippen LogP contribution in [0, 0.1) is 17.8 Å². The molecular formula is C40H42N6O3. The van der Waals surface area contributed by atoms with Crippen LogP contribution < -0.4 is 10.6 Å². The Kier molecular flexibility index (Phi) is 7.23. The summed E-state index contributed by atoms with van der Waals surface area (Å²) >= 11 is 0. The molecule has 7 atom stereocenters. The number of H-pyrrole nitrogens is 1. The smallest absolute Gasteiger partial charge is 0.407 e. The van der Waals surface area contributed by atoms with Crippen LogP contribution in [-0.2, 0) is 9.53 Å². The molecule has 2 aliphatic carbocycles. The molecule has 3 aromatic carbocycles. The summed E-state index contributed by atoms with van der Waals surface area (Å²) in [6, 6.07) is 22.6. The number of aliphatic imine (C=N–C) groups is 1. The number of hydrogen-bond acceptors (Lipinski definition) is 6. The van der Waals surface area contributed by atoms with Gasteiger partial charge in [0, 0.05) is 42.0 Å². The third-order valence-corrected chi connectivity index (χ3v) is 11.4. The van der Waals surface area contributed by atoms with E-state index in [1.54, 1.807) is 0 Å². The third-order valence-electron chi connectivity index (χ3n) is 11.4. The Labute approximate surface area is 286 Å². The number of hydrogen-bond donors (Lipinski definition) is 3. The predicted molar refractivity (Wildman–Crippen MR) is 191 cm³/mol. The van der Waals surface area contributed by atoms with Gasteiger partial charge in [-0.1, -0.05) is 62.4 Å². The average Bonchev–Trinajstić information content (AvgIpc) is 3.68. The SMILES string of the molecule is COC(=O)N[C@H](C(=O)N1[C@@H]2C[C@@H]2C[C@H]1c1ncc(-c2ccc3cc(-c4ccc(C5=CN=C([C@@H]6C[C@H]7C[C@H]7N6)C5)cc4)ccc3c2)[nH]1)C(C)C. The Morgan fingerprint density at radius 1 is 0.898 bits per heavy atom. The number of carbonyl (C=O) groups is 2. The molecule has 2 saturated heterocycles. The second-order valence-corrected chi connectivity index (χ2v) is 15.0. The van der Waals surface area contributed by atoms with Gasteiger partial charge < -0.3 is 25.3 Å². The minimum Gasteiger partial charge on any atom is -0.453 e. The lowest BCUT2D eigenvalue weighted by Crippen LogP contribution is -2.52. The summed E-state index contributed by atoms with van der Waals surface area (Å²) in [5, 5.41) is 8.82. The van der Waals surface area contributed by atoms with Crippen LogP contribution in [-0.4, -0.2) is 63.9 Å². The number of nitrogens with zero attached hydrogens (tertiary/aromatic N) is 3. The molecule has 2 amide bonds. The van der Waals surface area contributed by atoms with Crippen LogP contribution in [0.5, 0.6) is 0 Å². The van der Waals surface area contributed by atoms with Gasteiger partial charge in [0.05, 0.1) is 25.0 Å². The van der Waals surface area contributed by atoms with Crippen molar-refractivity contribution in [3.8, 4) is 22.4 Å². The van der Waals surface area contributed by atoms with Crippen LogP contribution in [0.1, 0.15) is 63.4 Å². The molecule has 2 saturated carbocycles. The molecular weight excluding hydrogens is 612 g/mol. The van der Waals surface area contributed by atoms with E-state index in [4.69, 9.17) is 14.7 Å². The Morgan fingerprint density at radius 3 is 2.37 bits per heavy atom. The van der Waals surface area contributed by atoms with Crippen LogP contribution in [0.3, 0.4) is 0 Å². The van der Waals surface area contributed by atoms with E-state index in [0.717, 1.165) is 53.7 Å². The van der Waals surface area contributed by atoms with Crippen molar-refractivity contribution in [2.75, 3.05) is 7.11 Å². The Hall–Kier alpha value is -4.76. The first-order chi connectivity index (χ1) is 23.8. The molecule has 5 aliphatic rings. The molecule has 0 unspecified atom stereocenters. The quantitative estimate of drug-likeness (QED) is 0.192. The highest BCUT2D eigenvalue weighted by Crippen LogP contribution is 2.53. The number of ether oxygens (including phenoxy) is 1. The van der Waals surface area contributed by atoms with Gasteiger partial charge in [0.2, 0.25) is 5.91 Å². The summed E-state index contributed by atoms with van der Waals surface area (Å²) in [7, 11) is 1.32. The van der Waals surface area contributed by atoms with E-state index < -0.39 is 12.1 Å². The van der Waals surface area contributed by atoms with E-state index in [1.807, 2.05) is 24.9 Å². The van der Waals surface area contributed by atoms with E-state index >= 15 is 0 Å². The number of piperidine rings is 2. The molecule has 0 spiro atoms. The summed E-state index contributed by atoms with van der Waals surface area (Å²) in [4.78, 5) is 40.8. The highest BCUT2D eigenvalue weighted by Gasteiger charge is 2.56. The highest BCUT2D eigenvalue weighted by molar-refractivity contribution is 6.02. The van der Waals surface area contributed by atoms with Gasteiger partial charge in [-0.05, 0) is 88.6 Å². The average molecular weight is 655 g/mol. The van der Waals surface area contributed by atoms with E-state index in [2.05, 4.69) is 82.5 Å². The van der Waals surface area contributed by atoms with E-state index in [0.29, 0.717) is 12.0 Å². The zero-order valence-corrected chi connectivity index (χ0v) is 28.1. The van der Waals surface area contributed by atoms with Crippen LogP contribution in [0.2, 0.25) is 0 Å². The first-order valence-electron chi connectivity index (χ1n) is 17.7. The van der Waals surface area contributed by atoms with Crippen molar-refractivity contribution >= 4 is 34.1 Å². The number of amides is 2. The van der Waals surface area contributed by atoms with Crippen molar-refractivity contribution in [2.45, 2.75) is 76.2 Å². The molecule has 4 aromatic rings. The summed E-state index contributed by atoms with van der Waals surface area (Å²) in [5.41, 5.74) is 8.20. The molecule has 0 bridgehead atoms. The first kappa shape index (κ1) is 30.3. The second kappa shape index (κ2) is 11.7. The van der Waals surface area contributed by atoms with Gasteiger partial charge in [0.1, 0.15) is 11.9 Å². The highest BCUT2D eigenvalue weighted by atomic mass is 16.5. The summed E-state index contributed by atoms with van der Waals surface area (Å²) in [5.74, 6) is 2.00. The largest absolute Gasteiger partial charge is 0.453 e. The van der Waals surface area contributed by atoms with Crippen LogP contribution >= 0.6 is 0 Å². The lowest BCUT2D eigenvalue weighted by molar-refractivity contribution is -0.136. The molecule has 9 rings (SSSR count). The molecule has 250 valence electrons. The topological polar surface area (TPSA) is 112 Å². The van der Waals surface area contributed by atoms with E-state index in [1.165, 1.54) is 53.3 Å². The molecule has 0 radical (unpaired) electrons. The number of allylic oxidation sites excluding steroid dienone is 1. The number of benzene rings is 3. The number of methoxy groups -OCH3 is 1. The van der Waals surface area contributed by atoms with Crippen molar-refractivity contribution < 1.29 is 14.3 Å². The van der Waals surface area contributed by atoms with Crippen molar-refractivity contribution in [1.29, 1.82) is 0 Å². The zero-order valence-electron chi connectivity index (χ0n) is 28.1. The number of nitrogens with one attached hydrogen (secondary N) is 3. The van der Waals surface area contributed by atoms with Gasteiger partial charge in [0.25, 0.3) is 0 Å². The lowest BCUT2D eigenvalue weighted by Gasteiger charge is -2.31. The molecule has 9 heteroatoms. The number of alkyl carbamates (subject to hydrolysis) is 1. The number of rotatable bonds is 8. The number of likely N-dealkylation sites (tertiary alicyclic amines) is 1. The molecule has 3 aliphatic heterocycles. The molecule has 4 fully saturated rings. The fraction of sp³-hybridized carbons (Fsp3) is 0.400. The van der Waals surface area contributed by atoms with E-state index in [9.17, 15) is 9.59 Å². The second-order valence-electron chi connectivity index (χ2n) is 15.0. The maximum absolute atomic E-state index is 13.8. The molecule has 9 nitrogen and oxygen atoms in total. The Bertz CT molecular complexity index is 2020.